The molecule has 3 aliphatic rings. The van der Waals surface area contributed by atoms with E-state index in [1.54, 1.807) is 29.2 Å². The average molecular weight is 614 g/mol. The lowest BCUT2D eigenvalue weighted by molar-refractivity contribution is -0.143. The van der Waals surface area contributed by atoms with Crippen molar-refractivity contribution < 1.29 is 29.1 Å². The number of likely N-dealkylation sites (tertiary alicyclic amines) is 1. The highest BCUT2D eigenvalue weighted by molar-refractivity contribution is 6.31. The second-order valence-electron chi connectivity index (χ2n) is 12.5. The Labute approximate surface area is 255 Å². The highest BCUT2D eigenvalue weighted by Gasteiger charge is 2.47. The zero-order valence-electron chi connectivity index (χ0n) is 24.4. The minimum absolute atomic E-state index is 0.00631. The van der Waals surface area contributed by atoms with E-state index in [1.807, 2.05) is 0 Å². The van der Waals surface area contributed by atoms with Gasteiger partial charge in [0.15, 0.2) is 0 Å². The largest absolute Gasteiger partial charge is 0.480 e. The molecule has 3 atom stereocenters. The number of carboxylic acid groups (broad SMARTS) is 1. The minimum atomic E-state index is -1.29. The molecule has 3 unspecified atom stereocenters. The van der Waals surface area contributed by atoms with E-state index in [-0.39, 0.29) is 29.8 Å². The maximum absolute atomic E-state index is 13.6. The summed E-state index contributed by atoms with van der Waals surface area (Å²) in [6.45, 7) is 2.59. The Hall–Kier alpha value is -3.60. The van der Waals surface area contributed by atoms with Crippen molar-refractivity contribution in [1.82, 2.24) is 25.8 Å². The lowest BCUT2D eigenvalue weighted by Crippen LogP contribution is -2.53. The van der Waals surface area contributed by atoms with Crippen LogP contribution in [0.4, 0.5) is 0 Å². The van der Waals surface area contributed by atoms with E-state index in [0.29, 0.717) is 43.8 Å². The normalized spacial score (nSPS) is 21.8. The predicted octanol–water partition coefficient (Wildman–Crippen LogP) is 3.37. The van der Waals surface area contributed by atoms with Gasteiger partial charge in [-0.1, -0.05) is 43.7 Å². The third kappa shape index (κ3) is 7.31. The molecule has 0 radical (unpaired) electrons. The van der Waals surface area contributed by atoms with Crippen molar-refractivity contribution in [2.24, 2.45) is 11.8 Å². The summed E-state index contributed by atoms with van der Waals surface area (Å²) < 4.78 is 0. The molecule has 3 heterocycles. The first-order valence-electron chi connectivity index (χ1n) is 15.2. The van der Waals surface area contributed by atoms with Crippen LogP contribution in [0.3, 0.4) is 0 Å². The zero-order chi connectivity index (χ0) is 30.7. The predicted molar refractivity (Wildman–Crippen MR) is 160 cm³/mol. The first-order chi connectivity index (χ1) is 20.5. The first kappa shape index (κ1) is 30.8. The molecule has 5 rings (SSSR count). The number of piperidine rings is 1. The van der Waals surface area contributed by atoms with Crippen LogP contribution < -0.4 is 16.0 Å². The molecule has 232 valence electrons. The van der Waals surface area contributed by atoms with Crippen LogP contribution in [0.2, 0.25) is 5.02 Å². The molecule has 4 amide bonds. The molecule has 1 saturated carbocycles. The highest BCUT2D eigenvalue weighted by atomic mass is 35.5. The number of carboxylic acids is 1. The molecule has 1 aromatic heterocycles. The number of benzene rings is 1. The van der Waals surface area contributed by atoms with Crippen molar-refractivity contribution in [2.45, 2.75) is 88.8 Å². The van der Waals surface area contributed by atoms with E-state index in [2.05, 4.69) is 20.9 Å². The maximum Gasteiger partial charge on any atom is 0.326 e. The fourth-order valence-electron chi connectivity index (χ4n) is 6.98. The molecular formula is C31H40ClN5O6. The van der Waals surface area contributed by atoms with E-state index in [9.17, 15) is 29.1 Å². The number of aromatic amines is 1. The van der Waals surface area contributed by atoms with Crippen LogP contribution in [0.1, 0.15) is 81.6 Å². The van der Waals surface area contributed by atoms with Gasteiger partial charge in [0.2, 0.25) is 17.7 Å². The molecule has 3 fully saturated rings. The van der Waals surface area contributed by atoms with E-state index in [4.69, 9.17) is 11.6 Å². The van der Waals surface area contributed by atoms with Gasteiger partial charge < -0.3 is 30.9 Å². The molecule has 1 aliphatic carbocycles. The molecule has 0 bridgehead atoms. The third-order valence-corrected chi connectivity index (χ3v) is 9.68. The summed E-state index contributed by atoms with van der Waals surface area (Å²) in [6, 6.07) is 4.66. The number of hydrogen-bond donors (Lipinski definition) is 5. The standard InChI is InChI=1S/C31H40ClN5O6/c1-18(38)37-11-9-31(10-12-37)17-21(27(39)36-31)16-26(30(42)43)35-28(40)24(13-19-5-3-2-4-6-19)34-29(41)25-15-20-14-22(32)7-8-23(20)33-25/h7-8,14-15,19,21,24,26,33H,2-6,9-13,16-17H2,1H3,(H,34,41)(H,35,40)(H,36,39)(H,42,43). The fourth-order valence-corrected chi connectivity index (χ4v) is 7.16. The van der Waals surface area contributed by atoms with Crippen molar-refractivity contribution in [2.75, 3.05) is 13.1 Å². The molecule has 5 N–H and O–H groups in total. The monoisotopic (exact) mass is 613 g/mol. The van der Waals surface area contributed by atoms with Gasteiger partial charge in [-0.15, -0.1) is 0 Å². The molecule has 43 heavy (non-hydrogen) atoms. The number of nitrogens with one attached hydrogen (secondary N) is 4. The Morgan fingerprint density at radius 1 is 1.05 bits per heavy atom. The number of carbonyl (C=O) groups excluding carboxylic acids is 4. The van der Waals surface area contributed by atoms with Crippen molar-refractivity contribution in [3.63, 3.8) is 0 Å². The van der Waals surface area contributed by atoms with Crippen molar-refractivity contribution >= 4 is 52.1 Å². The average Bonchev–Trinajstić information content (AvgIpc) is 3.53. The lowest BCUT2D eigenvalue weighted by atomic mass is 9.82. The van der Waals surface area contributed by atoms with Gasteiger partial charge in [0.25, 0.3) is 5.91 Å². The van der Waals surface area contributed by atoms with Crippen LogP contribution in [0.15, 0.2) is 24.3 Å². The quantitative estimate of drug-likeness (QED) is 0.291. The van der Waals surface area contributed by atoms with Gasteiger partial charge in [-0.25, -0.2) is 4.79 Å². The fraction of sp³-hybridized carbons (Fsp3) is 0.581. The first-order valence-corrected chi connectivity index (χ1v) is 15.6. The summed E-state index contributed by atoms with van der Waals surface area (Å²) in [4.78, 5) is 68.7. The molecule has 2 saturated heterocycles. The number of hydrogen-bond acceptors (Lipinski definition) is 5. The molecule has 2 aromatic rings. The Bertz CT molecular complexity index is 1390. The Kier molecular flexibility index (Phi) is 9.29. The number of aliphatic carboxylic acids is 1. The molecule has 11 nitrogen and oxygen atoms in total. The van der Waals surface area contributed by atoms with Gasteiger partial charge in [0.05, 0.1) is 0 Å². The van der Waals surface area contributed by atoms with Crippen LogP contribution in [0, 0.1) is 11.8 Å². The Morgan fingerprint density at radius 2 is 1.77 bits per heavy atom. The van der Waals surface area contributed by atoms with E-state index in [1.165, 1.54) is 6.92 Å². The highest BCUT2D eigenvalue weighted by Crippen LogP contribution is 2.36. The number of rotatable bonds is 9. The summed E-state index contributed by atoms with van der Waals surface area (Å²) in [5.74, 6) is -2.87. The lowest BCUT2D eigenvalue weighted by Gasteiger charge is -2.39. The van der Waals surface area contributed by atoms with Crippen LogP contribution in [0.5, 0.6) is 0 Å². The summed E-state index contributed by atoms with van der Waals surface area (Å²) in [5, 5.41) is 19.9. The van der Waals surface area contributed by atoms with Gasteiger partial charge in [0.1, 0.15) is 17.8 Å². The third-order valence-electron chi connectivity index (χ3n) is 9.44. The topological polar surface area (TPSA) is 161 Å². The SMILES string of the molecule is CC(=O)N1CCC2(CC1)CC(CC(NC(=O)C(CC1CCCCC1)NC(=O)c1cc3cc(Cl)ccc3[nH]1)C(=O)O)C(=O)N2. The van der Waals surface area contributed by atoms with Crippen LogP contribution in [0.25, 0.3) is 10.9 Å². The summed E-state index contributed by atoms with van der Waals surface area (Å²) in [7, 11) is 0. The molecule has 1 aromatic carbocycles. The summed E-state index contributed by atoms with van der Waals surface area (Å²) >= 11 is 6.09. The minimum Gasteiger partial charge on any atom is -0.480 e. The van der Waals surface area contributed by atoms with E-state index in [0.717, 1.165) is 43.0 Å². The van der Waals surface area contributed by atoms with Crippen LogP contribution in [-0.2, 0) is 19.2 Å². The van der Waals surface area contributed by atoms with Crippen molar-refractivity contribution in [3.05, 3.63) is 35.0 Å². The smallest absolute Gasteiger partial charge is 0.326 e. The number of nitrogens with zero attached hydrogens (tertiary/aromatic N) is 1. The van der Waals surface area contributed by atoms with Gasteiger partial charge in [-0.05, 0) is 62.3 Å². The second-order valence-corrected chi connectivity index (χ2v) is 12.9. The molecule has 12 heteroatoms. The number of H-pyrrole nitrogens is 1. The number of fused-ring (bicyclic) bond motifs is 1. The van der Waals surface area contributed by atoms with E-state index >= 15 is 0 Å². The Balaban J connectivity index is 1.26. The van der Waals surface area contributed by atoms with Crippen molar-refractivity contribution in [3.8, 4) is 0 Å². The number of aromatic nitrogens is 1. The van der Waals surface area contributed by atoms with Gasteiger partial charge in [0, 0.05) is 47.4 Å². The van der Waals surface area contributed by atoms with E-state index < -0.39 is 41.3 Å². The molecule has 1 spiro atoms. The zero-order valence-corrected chi connectivity index (χ0v) is 25.2. The second kappa shape index (κ2) is 13.0. The maximum atomic E-state index is 13.6. The number of amides is 4. The summed E-state index contributed by atoms with van der Waals surface area (Å²) in [6.07, 6.45) is 7.12. The van der Waals surface area contributed by atoms with Gasteiger partial charge >= 0.3 is 5.97 Å². The molecule has 2 aliphatic heterocycles. The summed E-state index contributed by atoms with van der Waals surface area (Å²) in [5.41, 5.74) is 0.535. The van der Waals surface area contributed by atoms with Crippen LogP contribution in [-0.4, -0.2) is 75.3 Å². The Morgan fingerprint density at radius 3 is 2.44 bits per heavy atom. The van der Waals surface area contributed by atoms with Crippen LogP contribution >= 0.6 is 11.6 Å². The number of carbonyl (C=O) groups is 5. The van der Waals surface area contributed by atoms with Crippen molar-refractivity contribution in [1.29, 1.82) is 0 Å². The van der Waals surface area contributed by atoms with Gasteiger partial charge in [-0.3, -0.25) is 19.2 Å². The van der Waals surface area contributed by atoms with Gasteiger partial charge in [-0.2, -0.15) is 0 Å². The number of halogens is 1. The molecular weight excluding hydrogens is 574 g/mol.